The Kier molecular flexibility index (Phi) is 449. The molecule has 0 aromatic carbocycles. The van der Waals surface area contributed by atoms with E-state index in [1.807, 2.05) is 11.6 Å². The molecule has 0 amide bonds. The molecule has 91 valence electrons. The number of hydrogen-bond acceptors (Lipinski definition) is 2. The van der Waals surface area contributed by atoms with Gasteiger partial charge in [-0.15, -0.1) is 6.47 Å². The molecule has 0 aliphatic carbocycles. The Morgan fingerprint density at radius 1 is 0.824 bits per heavy atom. The van der Waals surface area contributed by atoms with Crippen molar-refractivity contribution in [1.82, 2.24) is 0 Å². The second-order valence-electron chi connectivity index (χ2n) is 1.25. The van der Waals surface area contributed by atoms with Crippen LogP contribution in [0.1, 0.15) is 0 Å². The Morgan fingerprint density at radius 2 is 1.00 bits per heavy atom. The molecule has 0 saturated carbocycles. The maximum absolute atomic E-state index is 9.30. The van der Waals surface area contributed by atoms with Crippen molar-refractivity contribution in [3.8, 4) is 0 Å². The number of carbonyl (C=O) groups excluding carboxylic acids is 1. The summed E-state index contributed by atoms with van der Waals surface area (Å²) in [7, 11) is 0. The van der Waals surface area contributed by atoms with E-state index < -0.39 is 14.5 Å². The summed E-state index contributed by atoms with van der Waals surface area (Å²) in [6, 6.07) is 0. The molecule has 0 aliphatic rings. The molecule has 0 rings (SSSR count). The van der Waals surface area contributed by atoms with Gasteiger partial charge < -0.3 is 8.58 Å². The second-order valence-corrected chi connectivity index (χ2v) is 3.58. The topological polar surface area (TPSA) is 126 Å². The van der Waals surface area contributed by atoms with E-state index in [2.05, 4.69) is 37.0 Å². The molecule has 0 aromatic rings. The van der Waals surface area contributed by atoms with Crippen molar-refractivity contribution in [3.63, 3.8) is 0 Å². The first kappa shape index (κ1) is 44.2. The van der Waals surface area contributed by atoms with Gasteiger partial charge in [0.1, 0.15) is 0 Å². The van der Waals surface area contributed by atoms with Gasteiger partial charge in [-0.3, -0.25) is 0 Å². The molecule has 0 bridgehead atoms. The van der Waals surface area contributed by atoms with Gasteiger partial charge in [0.15, 0.2) is 0 Å². The molecule has 1 radical (unpaired) electrons. The van der Waals surface area contributed by atoms with Gasteiger partial charge in [0, 0.05) is 17.1 Å². The van der Waals surface area contributed by atoms with Crippen molar-refractivity contribution in [2.75, 3.05) is 0 Å². The van der Waals surface area contributed by atoms with Crippen molar-refractivity contribution in [2.45, 2.75) is 11.6 Å². The largest absolute Gasteiger partial charge is 0.811 e. The van der Waals surface area contributed by atoms with Crippen molar-refractivity contribution in [2.24, 2.45) is 0 Å². The van der Waals surface area contributed by atoms with Gasteiger partial charge in [-0.25, -0.2) is 0 Å². The summed E-state index contributed by atoms with van der Waals surface area (Å²) < 4.78 is 41.9. The van der Waals surface area contributed by atoms with Gasteiger partial charge in [-0.2, -0.15) is 0 Å². The van der Waals surface area contributed by atoms with E-state index in [0.717, 1.165) is 0 Å². The van der Waals surface area contributed by atoms with Gasteiger partial charge in [-0.1, -0.05) is 11.6 Å². The van der Waals surface area contributed by atoms with Crippen LogP contribution in [0, 0.1) is 33.3 Å². The predicted octanol–water partition coefficient (Wildman–Crippen LogP) is 0.131. The van der Waals surface area contributed by atoms with Crippen LogP contribution in [0.15, 0.2) is 0 Å². The van der Waals surface area contributed by atoms with Crippen LogP contribution in [-0.4, -0.2) is 21.0 Å². The van der Waals surface area contributed by atoms with Crippen LogP contribution in [0.25, 0.3) is 0 Å². The summed E-state index contributed by atoms with van der Waals surface area (Å²) in [5.74, 6) is 3.82. The molecule has 0 unspecified atom stereocenters. The van der Waals surface area contributed by atoms with Crippen LogP contribution in [0.2, 0.25) is 11.6 Å². The average molecular weight is 296 g/mol. The molecule has 0 fully saturated rings. The van der Waals surface area contributed by atoms with Crippen molar-refractivity contribution < 1.29 is 48.9 Å². The molecular formula is C8H6AlMnO7-. The van der Waals surface area contributed by atoms with Gasteiger partial charge in [0.05, 0.1) is 0 Å². The normalized spacial score (nSPS) is 3.06. The maximum Gasteiger partial charge on any atom is 0.505 e. The van der Waals surface area contributed by atoms with Gasteiger partial charge in [-0.05, 0) is 0 Å². The Morgan fingerprint density at radius 3 is 1.00 bits per heavy atom. The smallest absolute Gasteiger partial charge is 0.505 e. The third kappa shape index (κ3) is 539. The zero-order chi connectivity index (χ0) is 15.0. The minimum absolute atomic E-state index is 0. The van der Waals surface area contributed by atoms with Crippen LogP contribution in [0.5, 0.6) is 0 Å². The minimum atomic E-state index is -1.09. The molecule has 0 heterocycles. The molecule has 0 aliphatic heterocycles. The SMILES string of the molecule is [C-]#[O+].[C-]#[O+].[C-]#[O+].[C-]#[O+].[C-]#[O+].[CH3][Al]([CH3])[O][C-]=O.[Mn]. The van der Waals surface area contributed by atoms with Crippen LogP contribution < -0.4 is 0 Å². The van der Waals surface area contributed by atoms with E-state index in [0.29, 0.717) is 0 Å². The first-order chi connectivity index (χ1) is 7.77. The van der Waals surface area contributed by atoms with Crippen LogP contribution in [-0.2, 0) is 48.9 Å². The van der Waals surface area contributed by atoms with Crippen LogP contribution in [0.3, 0.4) is 0 Å². The van der Waals surface area contributed by atoms with E-state index in [1.54, 1.807) is 0 Å². The maximum atomic E-state index is 9.30. The second kappa shape index (κ2) is 173. The molecular weight excluding hydrogens is 290 g/mol. The summed E-state index contributed by atoms with van der Waals surface area (Å²) in [6.07, 6.45) is 0. The van der Waals surface area contributed by atoms with Crippen LogP contribution >= 0.6 is 0 Å². The Labute approximate surface area is 115 Å². The van der Waals surface area contributed by atoms with Crippen molar-refractivity contribution >= 4 is 21.0 Å². The molecule has 0 atom stereocenters. The standard InChI is InChI=1S/CO2.5CO.2CH3.Al.Mn/c2-1-3;5*1-2;;;;/h;;;;;;2*1H3;;/q-2;;;;;;;;+1;. The zero-order valence-corrected chi connectivity index (χ0v) is 11.1. The predicted molar refractivity (Wildman–Crippen MR) is 43.9 cm³/mol. The van der Waals surface area contributed by atoms with E-state index in [1.165, 1.54) is 6.47 Å². The fraction of sp³-hybridized carbons (Fsp3) is 0.250. The zero-order valence-electron chi connectivity index (χ0n) is 8.81. The summed E-state index contributed by atoms with van der Waals surface area (Å²) in [6.45, 7) is 23.9. The Hall–Kier alpha value is -0.778. The summed E-state index contributed by atoms with van der Waals surface area (Å²) >= 11 is -1.09. The fourth-order valence-electron chi connectivity index (χ4n) is 0.0962. The Bertz CT molecular complexity index is 159. The molecule has 0 saturated heterocycles. The fourth-order valence-corrected chi connectivity index (χ4v) is 0.289. The van der Waals surface area contributed by atoms with Gasteiger partial charge in [0.2, 0.25) is 0 Å². The summed E-state index contributed by atoms with van der Waals surface area (Å²) in [4.78, 5) is 9.30. The molecule has 0 spiro atoms. The molecule has 7 nitrogen and oxygen atoms in total. The van der Waals surface area contributed by atoms with E-state index in [4.69, 9.17) is 23.3 Å². The molecule has 17 heavy (non-hydrogen) atoms. The molecule has 0 aromatic heterocycles. The Balaban J connectivity index is -0.0000000158. The summed E-state index contributed by atoms with van der Waals surface area (Å²) in [5, 5.41) is 0. The number of rotatable bonds is 2. The molecule has 0 N–H and O–H groups in total. The summed E-state index contributed by atoms with van der Waals surface area (Å²) in [5.41, 5.74) is 0. The quantitative estimate of drug-likeness (QED) is 0.408. The van der Waals surface area contributed by atoms with Crippen molar-refractivity contribution in [1.29, 1.82) is 0 Å². The van der Waals surface area contributed by atoms with E-state index in [9.17, 15) is 4.79 Å². The van der Waals surface area contributed by atoms with Crippen molar-refractivity contribution in [3.05, 3.63) is 33.3 Å². The number of hydrogen-bond donors (Lipinski definition) is 0. The monoisotopic (exact) mass is 296 g/mol. The van der Waals surface area contributed by atoms with E-state index in [-0.39, 0.29) is 17.1 Å². The third-order valence-electron chi connectivity index (χ3n) is 0.284. The van der Waals surface area contributed by atoms with Gasteiger partial charge in [0.25, 0.3) is 0 Å². The third-order valence-corrected chi connectivity index (χ3v) is 0.851. The van der Waals surface area contributed by atoms with Crippen LogP contribution in [0.4, 0.5) is 0 Å². The first-order valence-corrected chi connectivity index (χ1v) is 5.60. The average Bonchev–Trinajstić information content (AvgIpc) is 2.41. The first-order valence-electron chi connectivity index (χ1n) is 2.82. The molecule has 9 heteroatoms. The minimum Gasteiger partial charge on any atom is -0.811 e. The van der Waals surface area contributed by atoms with Gasteiger partial charge >= 0.3 is 71.0 Å². The van der Waals surface area contributed by atoms with E-state index >= 15 is 0 Å².